The summed E-state index contributed by atoms with van der Waals surface area (Å²) in [7, 11) is -4.00. The third kappa shape index (κ3) is 3.53. The second kappa shape index (κ2) is 7.86. The molecule has 0 saturated heterocycles. The molecule has 1 aliphatic heterocycles. The van der Waals surface area contributed by atoms with E-state index in [1.165, 1.54) is 28.6 Å². The van der Waals surface area contributed by atoms with Gasteiger partial charge in [-0.05, 0) is 60.9 Å². The molecule has 5 rings (SSSR count). The van der Waals surface area contributed by atoms with Crippen LogP contribution in [0.5, 0.6) is 0 Å². The summed E-state index contributed by atoms with van der Waals surface area (Å²) in [5, 5.41) is 0.0762. The van der Waals surface area contributed by atoms with E-state index in [-0.39, 0.29) is 26.5 Å². The fourth-order valence-electron chi connectivity index (χ4n) is 4.11. The van der Waals surface area contributed by atoms with Crippen molar-refractivity contribution in [2.24, 2.45) is 0 Å². The Morgan fingerprint density at radius 3 is 2.58 bits per heavy atom. The average molecular weight is 486 g/mol. The number of anilines is 1. The van der Waals surface area contributed by atoms with E-state index in [4.69, 9.17) is 11.6 Å². The number of benzene rings is 3. The summed E-state index contributed by atoms with van der Waals surface area (Å²) in [5.74, 6) is -0.608. The van der Waals surface area contributed by atoms with Crippen molar-refractivity contribution in [3.8, 4) is 5.69 Å². The Hall–Kier alpha value is -3.43. The number of aromatic nitrogens is 2. The molecule has 4 aromatic rings. The molecular weight excluding hydrogens is 469 g/mol. The van der Waals surface area contributed by atoms with Crippen LogP contribution >= 0.6 is 11.6 Å². The first-order chi connectivity index (χ1) is 15.8. The molecule has 2 heterocycles. The van der Waals surface area contributed by atoms with Gasteiger partial charge >= 0.3 is 5.69 Å². The van der Waals surface area contributed by atoms with Gasteiger partial charge in [0.05, 0.1) is 32.2 Å². The molecule has 1 aliphatic rings. The second-order valence-electron chi connectivity index (χ2n) is 7.68. The summed E-state index contributed by atoms with van der Waals surface area (Å²) in [6.07, 6.45) is 1.44. The van der Waals surface area contributed by atoms with Crippen LogP contribution in [0.15, 0.2) is 75.1 Å². The summed E-state index contributed by atoms with van der Waals surface area (Å²) in [5.41, 5.74) is -0.128. The lowest BCUT2D eigenvalue weighted by Gasteiger charge is -2.30. The van der Waals surface area contributed by atoms with Gasteiger partial charge in [0.1, 0.15) is 5.82 Å². The van der Waals surface area contributed by atoms with E-state index < -0.39 is 27.1 Å². The van der Waals surface area contributed by atoms with Gasteiger partial charge in [-0.1, -0.05) is 29.8 Å². The lowest BCUT2D eigenvalue weighted by Crippen LogP contribution is -2.36. The van der Waals surface area contributed by atoms with Crippen LogP contribution in [0.25, 0.3) is 16.6 Å². The number of rotatable bonds is 3. The van der Waals surface area contributed by atoms with Crippen LogP contribution in [-0.2, 0) is 16.4 Å². The van der Waals surface area contributed by atoms with Crippen LogP contribution in [0.1, 0.15) is 12.0 Å². The van der Waals surface area contributed by atoms with Gasteiger partial charge in [0.15, 0.2) is 0 Å². The summed E-state index contributed by atoms with van der Waals surface area (Å²) in [4.78, 5) is 28.1. The van der Waals surface area contributed by atoms with Crippen molar-refractivity contribution in [1.29, 1.82) is 0 Å². The van der Waals surface area contributed by atoms with Crippen molar-refractivity contribution >= 4 is 38.2 Å². The lowest BCUT2D eigenvalue weighted by atomic mass is 10.0. The molecule has 0 amide bonds. The minimum absolute atomic E-state index is 0.0158. The molecule has 168 valence electrons. The normalized spacial score (nSPS) is 13.8. The molecule has 0 saturated carbocycles. The second-order valence-corrected chi connectivity index (χ2v) is 9.95. The molecule has 0 radical (unpaired) electrons. The van der Waals surface area contributed by atoms with Gasteiger partial charge < -0.3 is 4.98 Å². The van der Waals surface area contributed by atoms with E-state index in [0.29, 0.717) is 18.7 Å². The van der Waals surface area contributed by atoms with E-state index in [1.54, 1.807) is 12.1 Å². The standard InChI is InChI=1S/C23H17ClFN3O4S/c24-18-10-8-16(33(31,32)27-11-3-5-14-4-1-2-6-20(14)27)13-21(18)28-22(29)17-9-7-15(25)12-19(17)26-23(28)30/h1-2,4,6-10,12-13H,3,5,11H2,(H,26,30). The van der Waals surface area contributed by atoms with E-state index in [2.05, 4.69) is 4.98 Å². The number of sulfonamides is 1. The van der Waals surface area contributed by atoms with E-state index in [9.17, 15) is 22.4 Å². The Labute approximate surface area is 192 Å². The SMILES string of the molecule is O=c1[nH]c2cc(F)ccc2c(=O)n1-c1cc(S(=O)(=O)N2CCCc3ccccc32)ccc1Cl. The van der Waals surface area contributed by atoms with Gasteiger partial charge in [-0.25, -0.2) is 22.2 Å². The molecule has 0 aliphatic carbocycles. The Morgan fingerprint density at radius 2 is 1.76 bits per heavy atom. The number of aryl methyl sites for hydroxylation is 1. The van der Waals surface area contributed by atoms with Crippen molar-refractivity contribution in [3.63, 3.8) is 0 Å². The molecule has 1 N–H and O–H groups in total. The minimum atomic E-state index is -4.00. The predicted octanol–water partition coefficient (Wildman–Crippen LogP) is 3.61. The van der Waals surface area contributed by atoms with Crippen LogP contribution < -0.4 is 15.6 Å². The monoisotopic (exact) mass is 485 g/mol. The van der Waals surface area contributed by atoms with E-state index >= 15 is 0 Å². The molecule has 0 fully saturated rings. The fraction of sp³-hybridized carbons (Fsp3) is 0.130. The number of hydrogen-bond acceptors (Lipinski definition) is 4. The lowest BCUT2D eigenvalue weighted by molar-refractivity contribution is 0.586. The fourth-order valence-corrected chi connectivity index (χ4v) is 5.87. The third-order valence-electron chi connectivity index (χ3n) is 5.67. The molecule has 3 aromatic carbocycles. The first-order valence-corrected chi connectivity index (χ1v) is 11.9. The molecule has 0 unspecified atom stereocenters. The van der Waals surface area contributed by atoms with Crippen LogP contribution in [0, 0.1) is 5.82 Å². The third-order valence-corrected chi connectivity index (χ3v) is 7.80. The van der Waals surface area contributed by atoms with Gasteiger partial charge in [-0.2, -0.15) is 0 Å². The van der Waals surface area contributed by atoms with Crippen molar-refractivity contribution in [3.05, 3.63) is 97.9 Å². The quantitative estimate of drug-likeness (QED) is 0.480. The largest absolute Gasteiger partial charge is 0.333 e. The minimum Gasteiger partial charge on any atom is -0.306 e. The molecule has 0 bridgehead atoms. The molecule has 33 heavy (non-hydrogen) atoms. The number of para-hydroxylation sites is 1. The van der Waals surface area contributed by atoms with Gasteiger partial charge in [0, 0.05) is 6.54 Å². The number of aromatic amines is 1. The maximum Gasteiger partial charge on any atom is 0.333 e. The Morgan fingerprint density at radius 1 is 0.970 bits per heavy atom. The van der Waals surface area contributed by atoms with Gasteiger partial charge in [-0.15, -0.1) is 0 Å². The number of hydrogen-bond donors (Lipinski definition) is 1. The van der Waals surface area contributed by atoms with Crippen molar-refractivity contribution in [2.75, 3.05) is 10.8 Å². The highest BCUT2D eigenvalue weighted by Gasteiger charge is 2.29. The Balaban J connectivity index is 1.69. The number of fused-ring (bicyclic) bond motifs is 2. The number of H-pyrrole nitrogens is 1. The van der Waals surface area contributed by atoms with Crippen molar-refractivity contribution in [1.82, 2.24) is 9.55 Å². The van der Waals surface area contributed by atoms with Crippen LogP contribution in [0.3, 0.4) is 0 Å². The number of halogens is 2. The topological polar surface area (TPSA) is 92.2 Å². The Kier molecular flexibility index (Phi) is 5.10. The van der Waals surface area contributed by atoms with Crippen LogP contribution in [0.2, 0.25) is 5.02 Å². The molecule has 10 heteroatoms. The number of nitrogens with one attached hydrogen (secondary N) is 1. The molecule has 7 nitrogen and oxygen atoms in total. The Bertz CT molecular complexity index is 1650. The predicted molar refractivity (Wildman–Crippen MR) is 124 cm³/mol. The maximum atomic E-state index is 13.5. The highest BCUT2D eigenvalue weighted by Crippen LogP contribution is 2.33. The van der Waals surface area contributed by atoms with Gasteiger partial charge in [0.25, 0.3) is 15.6 Å². The first kappa shape index (κ1) is 21.4. The molecule has 0 spiro atoms. The zero-order valence-electron chi connectivity index (χ0n) is 17.1. The van der Waals surface area contributed by atoms with Crippen molar-refractivity contribution < 1.29 is 12.8 Å². The summed E-state index contributed by atoms with van der Waals surface area (Å²) < 4.78 is 42.7. The highest BCUT2D eigenvalue weighted by molar-refractivity contribution is 7.92. The highest BCUT2D eigenvalue weighted by atomic mass is 35.5. The molecular formula is C23H17ClFN3O4S. The number of nitrogens with zero attached hydrogens (tertiary/aromatic N) is 2. The van der Waals surface area contributed by atoms with E-state index in [1.807, 2.05) is 12.1 Å². The zero-order chi connectivity index (χ0) is 23.3. The first-order valence-electron chi connectivity index (χ1n) is 10.1. The van der Waals surface area contributed by atoms with Gasteiger partial charge in [0.2, 0.25) is 0 Å². The molecule has 0 atom stereocenters. The smallest absolute Gasteiger partial charge is 0.306 e. The molecule has 1 aromatic heterocycles. The van der Waals surface area contributed by atoms with Crippen LogP contribution in [-0.4, -0.2) is 24.5 Å². The van der Waals surface area contributed by atoms with Crippen molar-refractivity contribution in [2.45, 2.75) is 17.7 Å². The van der Waals surface area contributed by atoms with Gasteiger partial charge in [-0.3, -0.25) is 9.10 Å². The zero-order valence-corrected chi connectivity index (χ0v) is 18.7. The summed E-state index contributed by atoms with van der Waals surface area (Å²) in [6, 6.07) is 14.5. The van der Waals surface area contributed by atoms with Crippen LogP contribution in [0.4, 0.5) is 10.1 Å². The average Bonchev–Trinajstić information content (AvgIpc) is 2.79. The van der Waals surface area contributed by atoms with E-state index in [0.717, 1.165) is 28.7 Å². The maximum absolute atomic E-state index is 13.5. The summed E-state index contributed by atoms with van der Waals surface area (Å²) >= 11 is 6.29. The summed E-state index contributed by atoms with van der Waals surface area (Å²) in [6.45, 7) is 0.305.